The van der Waals surface area contributed by atoms with E-state index in [4.69, 9.17) is 5.26 Å². The zero-order chi connectivity index (χ0) is 9.68. The highest BCUT2D eigenvalue weighted by Crippen LogP contribution is 2.16. The summed E-state index contributed by atoms with van der Waals surface area (Å²) in [4.78, 5) is 4.06. The molecule has 0 unspecified atom stereocenters. The minimum absolute atomic E-state index is 0.524. The van der Waals surface area contributed by atoms with Gasteiger partial charge in [-0.05, 0) is 22.0 Å². The standard InChI is InChI=1S/C9H8BrN3/c1-2-3-12-9-7(5-11)4-8(10)6-13-9/h2,4,6H,1,3H2,(H,12,13). The van der Waals surface area contributed by atoms with E-state index >= 15 is 0 Å². The summed E-state index contributed by atoms with van der Waals surface area (Å²) in [7, 11) is 0. The number of halogens is 1. The van der Waals surface area contributed by atoms with Gasteiger partial charge in [0.15, 0.2) is 0 Å². The molecule has 0 aromatic carbocycles. The first-order valence-electron chi connectivity index (χ1n) is 3.68. The predicted octanol–water partition coefficient (Wildman–Crippen LogP) is 2.31. The van der Waals surface area contributed by atoms with Crippen LogP contribution in [0.15, 0.2) is 29.4 Å². The first-order chi connectivity index (χ1) is 6.27. The molecule has 0 atom stereocenters. The molecule has 0 aliphatic carbocycles. The summed E-state index contributed by atoms with van der Waals surface area (Å²) >= 11 is 3.24. The summed E-state index contributed by atoms with van der Waals surface area (Å²) < 4.78 is 0.799. The SMILES string of the molecule is C=CCNc1ncc(Br)cc1C#N. The number of nitriles is 1. The molecule has 0 spiro atoms. The molecule has 0 amide bonds. The summed E-state index contributed by atoms with van der Waals surface area (Å²) in [6.45, 7) is 4.17. The van der Waals surface area contributed by atoms with Crippen molar-refractivity contribution in [1.82, 2.24) is 4.98 Å². The number of rotatable bonds is 3. The number of aromatic nitrogens is 1. The van der Waals surface area contributed by atoms with E-state index in [1.54, 1.807) is 18.3 Å². The minimum Gasteiger partial charge on any atom is -0.366 e. The molecule has 66 valence electrons. The molecule has 1 N–H and O–H groups in total. The van der Waals surface area contributed by atoms with E-state index < -0.39 is 0 Å². The van der Waals surface area contributed by atoms with Gasteiger partial charge < -0.3 is 5.32 Å². The van der Waals surface area contributed by atoms with Gasteiger partial charge in [0.25, 0.3) is 0 Å². The van der Waals surface area contributed by atoms with Crippen LogP contribution in [0.3, 0.4) is 0 Å². The molecule has 1 rings (SSSR count). The molecule has 4 heteroatoms. The van der Waals surface area contributed by atoms with Gasteiger partial charge in [-0.25, -0.2) is 4.98 Å². The normalized spacial score (nSPS) is 8.92. The Morgan fingerprint density at radius 2 is 2.54 bits per heavy atom. The van der Waals surface area contributed by atoms with E-state index in [1.807, 2.05) is 0 Å². The van der Waals surface area contributed by atoms with E-state index in [-0.39, 0.29) is 0 Å². The number of hydrogen-bond donors (Lipinski definition) is 1. The van der Waals surface area contributed by atoms with Gasteiger partial charge in [0.2, 0.25) is 0 Å². The van der Waals surface area contributed by atoms with E-state index in [2.05, 4.69) is 38.9 Å². The molecule has 1 aromatic rings. The molecule has 3 nitrogen and oxygen atoms in total. The van der Waals surface area contributed by atoms with Gasteiger partial charge in [-0.3, -0.25) is 0 Å². The summed E-state index contributed by atoms with van der Waals surface area (Å²) in [6.07, 6.45) is 3.36. The van der Waals surface area contributed by atoms with Crippen LogP contribution in [0.1, 0.15) is 5.56 Å². The van der Waals surface area contributed by atoms with Crippen molar-refractivity contribution >= 4 is 21.7 Å². The quantitative estimate of drug-likeness (QED) is 0.822. The molecular formula is C9H8BrN3. The summed E-state index contributed by atoms with van der Waals surface area (Å²) in [5.74, 6) is 0.589. The molecule has 0 radical (unpaired) electrons. The molecular weight excluding hydrogens is 230 g/mol. The third-order valence-corrected chi connectivity index (χ3v) is 1.82. The number of pyridine rings is 1. The van der Waals surface area contributed by atoms with Crippen LogP contribution in [0.5, 0.6) is 0 Å². The number of nitrogens with one attached hydrogen (secondary N) is 1. The monoisotopic (exact) mass is 237 g/mol. The Bertz CT molecular complexity index is 354. The second kappa shape index (κ2) is 4.63. The molecule has 0 aliphatic rings. The second-order valence-corrected chi connectivity index (χ2v) is 3.25. The first-order valence-corrected chi connectivity index (χ1v) is 4.47. The molecule has 0 fully saturated rings. The van der Waals surface area contributed by atoms with Crippen LogP contribution < -0.4 is 5.32 Å². The summed E-state index contributed by atoms with van der Waals surface area (Å²) in [6, 6.07) is 3.78. The van der Waals surface area contributed by atoms with Crippen molar-refractivity contribution in [3.63, 3.8) is 0 Å². The number of nitrogens with zero attached hydrogens (tertiary/aromatic N) is 2. The Morgan fingerprint density at radius 1 is 1.77 bits per heavy atom. The van der Waals surface area contributed by atoms with Gasteiger partial charge in [0.1, 0.15) is 11.9 Å². The molecule has 1 aromatic heterocycles. The predicted molar refractivity (Wildman–Crippen MR) is 55.3 cm³/mol. The summed E-state index contributed by atoms with van der Waals surface area (Å²) in [5, 5.41) is 11.7. The van der Waals surface area contributed by atoms with Gasteiger partial charge in [0.05, 0.1) is 5.56 Å². The first kappa shape index (κ1) is 9.75. The Hall–Kier alpha value is -1.34. The average molecular weight is 238 g/mol. The van der Waals surface area contributed by atoms with Gasteiger partial charge in [-0.1, -0.05) is 6.08 Å². The molecule has 0 saturated heterocycles. The lowest BCUT2D eigenvalue weighted by molar-refractivity contribution is 1.21. The molecule has 0 aliphatic heterocycles. The van der Waals surface area contributed by atoms with E-state index in [0.717, 1.165) is 4.47 Å². The Morgan fingerprint density at radius 3 is 3.15 bits per heavy atom. The minimum atomic E-state index is 0.524. The van der Waals surface area contributed by atoms with Crippen molar-refractivity contribution in [2.24, 2.45) is 0 Å². The fraction of sp³-hybridized carbons (Fsp3) is 0.111. The van der Waals surface area contributed by atoms with Gasteiger partial charge in [-0.15, -0.1) is 6.58 Å². The van der Waals surface area contributed by atoms with Crippen molar-refractivity contribution < 1.29 is 0 Å². The van der Waals surface area contributed by atoms with Crippen molar-refractivity contribution in [1.29, 1.82) is 5.26 Å². The van der Waals surface area contributed by atoms with Gasteiger partial charge in [0, 0.05) is 17.2 Å². The van der Waals surface area contributed by atoms with Crippen molar-refractivity contribution in [3.8, 4) is 6.07 Å². The van der Waals surface area contributed by atoms with Crippen LogP contribution in [-0.2, 0) is 0 Å². The van der Waals surface area contributed by atoms with Crippen LogP contribution in [0.2, 0.25) is 0 Å². The number of anilines is 1. The highest BCUT2D eigenvalue weighted by molar-refractivity contribution is 9.10. The van der Waals surface area contributed by atoms with Crippen molar-refractivity contribution in [3.05, 3.63) is 35.0 Å². The second-order valence-electron chi connectivity index (χ2n) is 2.33. The van der Waals surface area contributed by atoms with E-state index in [9.17, 15) is 0 Å². The van der Waals surface area contributed by atoms with Crippen molar-refractivity contribution in [2.45, 2.75) is 0 Å². The van der Waals surface area contributed by atoms with Crippen LogP contribution in [-0.4, -0.2) is 11.5 Å². The lowest BCUT2D eigenvalue weighted by Crippen LogP contribution is -2.02. The third kappa shape index (κ3) is 2.56. The Labute approximate surface area is 85.2 Å². The maximum atomic E-state index is 8.77. The molecule has 1 heterocycles. The maximum Gasteiger partial charge on any atom is 0.144 e. The van der Waals surface area contributed by atoms with Crippen LogP contribution in [0.25, 0.3) is 0 Å². The lowest BCUT2D eigenvalue weighted by Gasteiger charge is -2.03. The smallest absolute Gasteiger partial charge is 0.144 e. The largest absolute Gasteiger partial charge is 0.366 e. The lowest BCUT2D eigenvalue weighted by atomic mass is 10.3. The highest BCUT2D eigenvalue weighted by Gasteiger charge is 2.01. The van der Waals surface area contributed by atoms with Gasteiger partial charge in [-0.2, -0.15) is 5.26 Å². The molecule has 0 bridgehead atoms. The average Bonchev–Trinajstić information content (AvgIpc) is 2.16. The van der Waals surface area contributed by atoms with Crippen LogP contribution in [0.4, 0.5) is 5.82 Å². The van der Waals surface area contributed by atoms with E-state index in [1.165, 1.54) is 0 Å². The fourth-order valence-electron chi connectivity index (χ4n) is 0.834. The Balaban J connectivity index is 2.94. The summed E-state index contributed by atoms with van der Waals surface area (Å²) in [5.41, 5.74) is 0.524. The van der Waals surface area contributed by atoms with Crippen molar-refractivity contribution in [2.75, 3.05) is 11.9 Å². The molecule has 13 heavy (non-hydrogen) atoms. The van der Waals surface area contributed by atoms with E-state index in [0.29, 0.717) is 17.9 Å². The fourth-order valence-corrected chi connectivity index (χ4v) is 1.17. The third-order valence-electron chi connectivity index (χ3n) is 1.39. The Kier molecular flexibility index (Phi) is 3.47. The van der Waals surface area contributed by atoms with Crippen LogP contribution in [0, 0.1) is 11.3 Å². The van der Waals surface area contributed by atoms with Gasteiger partial charge >= 0.3 is 0 Å². The molecule has 0 saturated carbocycles. The highest BCUT2D eigenvalue weighted by atomic mass is 79.9. The zero-order valence-corrected chi connectivity index (χ0v) is 8.50. The maximum absolute atomic E-state index is 8.77. The van der Waals surface area contributed by atoms with Crippen LogP contribution >= 0.6 is 15.9 Å². The topological polar surface area (TPSA) is 48.7 Å². The number of hydrogen-bond acceptors (Lipinski definition) is 3. The zero-order valence-electron chi connectivity index (χ0n) is 6.92.